The molecule has 8 heteroatoms. The average Bonchev–Trinajstić information content (AvgIpc) is 2.55. The van der Waals surface area contributed by atoms with Gasteiger partial charge in [0.15, 0.2) is 0 Å². The van der Waals surface area contributed by atoms with Gasteiger partial charge in [-0.3, -0.25) is 4.79 Å². The number of carbonyl (C=O) groups is 2. The fraction of sp³-hybridized carbons (Fsp3) is 0.500. The van der Waals surface area contributed by atoms with Crippen molar-refractivity contribution in [3.63, 3.8) is 0 Å². The Morgan fingerprint density at radius 2 is 1.96 bits per heavy atom. The predicted octanol–water partition coefficient (Wildman–Crippen LogP) is 1.07. The zero-order chi connectivity index (χ0) is 17.7. The molecule has 7 nitrogen and oxygen atoms in total. The minimum absolute atomic E-state index is 0.0611. The molecule has 0 aromatic heterocycles. The highest BCUT2D eigenvalue weighted by atomic mass is 32.2. The van der Waals surface area contributed by atoms with Crippen molar-refractivity contribution in [2.75, 3.05) is 13.1 Å². The summed E-state index contributed by atoms with van der Waals surface area (Å²) in [5.74, 6) is -1.10. The van der Waals surface area contributed by atoms with E-state index in [2.05, 4.69) is 4.72 Å². The zero-order valence-electron chi connectivity index (χ0n) is 13.5. The number of hydrogen-bond acceptors (Lipinski definition) is 4. The Labute approximate surface area is 141 Å². The van der Waals surface area contributed by atoms with Crippen molar-refractivity contribution in [1.29, 1.82) is 0 Å². The third-order valence-electron chi connectivity index (χ3n) is 4.15. The number of carboxylic acids is 1. The monoisotopic (exact) mass is 354 g/mol. The van der Waals surface area contributed by atoms with Crippen molar-refractivity contribution < 1.29 is 23.1 Å². The van der Waals surface area contributed by atoms with Crippen molar-refractivity contribution >= 4 is 21.9 Å². The number of nitrogens with one attached hydrogen (secondary N) is 1. The Kier molecular flexibility index (Phi) is 5.95. The standard InChI is InChI=1S/C16H22N2O5S/c1-12-8-10-18(14(11-12)16(20)21)15(19)7-9-17-24(22,23)13-5-3-2-4-6-13/h2-6,12,14,17H,7-11H2,1H3,(H,20,21). The first-order valence-electron chi connectivity index (χ1n) is 7.88. The van der Waals surface area contributed by atoms with Gasteiger partial charge in [0.2, 0.25) is 15.9 Å². The van der Waals surface area contributed by atoms with Crippen LogP contribution in [0, 0.1) is 5.92 Å². The van der Waals surface area contributed by atoms with Crippen molar-refractivity contribution in [3.05, 3.63) is 30.3 Å². The summed E-state index contributed by atoms with van der Waals surface area (Å²) in [7, 11) is -3.66. The number of hydrogen-bond donors (Lipinski definition) is 2. The maximum atomic E-state index is 12.3. The van der Waals surface area contributed by atoms with Crippen LogP contribution in [-0.2, 0) is 19.6 Å². The second-order valence-electron chi connectivity index (χ2n) is 6.03. The van der Waals surface area contributed by atoms with Crippen LogP contribution in [0.15, 0.2) is 35.2 Å². The SMILES string of the molecule is CC1CCN(C(=O)CCNS(=O)(=O)c2ccccc2)C(C(=O)O)C1. The van der Waals surface area contributed by atoms with E-state index in [1.807, 2.05) is 6.92 Å². The lowest BCUT2D eigenvalue weighted by Crippen LogP contribution is -2.50. The van der Waals surface area contributed by atoms with E-state index in [0.717, 1.165) is 6.42 Å². The maximum Gasteiger partial charge on any atom is 0.326 e. The number of nitrogens with zero attached hydrogens (tertiary/aromatic N) is 1. The fourth-order valence-corrected chi connectivity index (χ4v) is 3.85. The zero-order valence-corrected chi connectivity index (χ0v) is 14.3. The Hall–Kier alpha value is -1.93. The number of rotatable bonds is 6. The molecule has 1 aromatic carbocycles. The van der Waals surface area contributed by atoms with Crippen molar-refractivity contribution in [1.82, 2.24) is 9.62 Å². The van der Waals surface area contributed by atoms with Gasteiger partial charge in [-0.05, 0) is 30.9 Å². The van der Waals surface area contributed by atoms with Crippen LogP contribution in [0.3, 0.4) is 0 Å². The quantitative estimate of drug-likeness (QED) is 0.795. The smallest absolute Gasteiger partial charge is 0.326 e. The molecule has 1 aromatic rings. The van der Waals surface area contributed by atoms with E-state index in [9.17, 15) is 23.1 Å². The third kappa shape index (κ3) is 4.55. The summed E-state index contributed by atoms with van der Waals surface area (Å²) in [5, 5.41) is 9.27. The molecule has 1 heterocycles. The molecule has 1 saturated heterocycles. The Bertz CT molecular complexity index is 690. The fourth-order valence-electron chi connectivity index (χ4n) is 2.79. The van der Waals surface area contributed by atoms with Crippen molar-refractivity contribution in [2.24, 2.45) is 5.92 Å². The minimum Gasteiger partial charge on any atom is -0.480 e. The van der Waals surface area contributed by atoms with Gasteiger partial charge >= 0.3 is 5.97 Å². The van der Waals surface area contributed by atoms with Crippen LogP contribution in [0.4, 0.5) is 0 Å². The van der Waals surface area contributed by atoms with Crippen LogP contribution in [0.25, 0.3) is 0 Å². The van der Waals surface area contributed by atoms with Crippen LogP contribution < -0.4 is 4.72 Å². The lowest BCUT2D eigenvalue weighted by molar-refractivity contribution is -0.153. The van der Waals surface area contributed by atoms with E-state index in [4.69, 9.17) is 0 Å². The normalized spacial score (nSPS) is 21.5. The van der Waals surface area contributed by atoms with E-state index in [0.29, 0.717) is 13.0 Å². The summed E-state index contributed by atoms with van der Waals surface area (Å²) in [6.45, 7) is 2.29. The van der Waals surface area contributed by atoms with Gasteiger partial charge < -0.3 is 10.0 Å². The number of carbonyl (C=O) groups excluding carboxylic acids is 1. The molecule has 2 unspecified atom stereocenters. The highest BCUT2D eigenvalue weighted by Crippen LogP contribution is 2.23. The summed E-state index contributed by atoms with van der Waals surface area (Å²) < 4.78 is 26.5. The number of likely N-dealkylation sites (tertiary alicyclic amines) is 1. The van der Waals surface area contributed by atoms with Gasteiger partial charge in [0, 0.05) is 19.5 Å². The molecule has 0 spiro atoms. The molecular formula is C16H22N2O5S. The van der Waals surface area contributed by atoms with Crippen LogP contribution in [0.1, 0.15) is 26.2 Å². The second-order valence-corrected chi connectivity index (χ2v) is 7.80. The summed E-state index contributed by atoms with van der Waals surface area (Å²) >= 11 is 0. The summed E-state index contributed by atoms with van der Waals surface area (Å²) in [6.07, 6.45) is 1.12. The summed E-state index contributed by atoms with van der Waals surface area (Å²) in [6, 6.07) is 7.06. The van der Waals surface area contributed by atoms with Gasteiger partial charge in [-0.1, -0.05) is 25.1 Å². The number of sulfonamides is 1. The molecule has 24 heavy (non-hydrogen) atoms. The first-order valence-corrected chi connectivity index (χ1v) is 9.36. The molecule has 1 fully saturated rings. The van der Waals surface area contributed by atoms with Gasteiger partial charge in [-0.15, -0.1) is 0 Å². The van der Waals surface area contributed by atoms with Crippen molar-refractivity contribution in [3.8, 4) is 0 Å². The second kappa shape index (κ2) is 7.76. The van der Waals surface area contributed by atoms with E-state index >= 15 is 0 Å². The largest absolute Gasteiger partial charge is 0.480 e. The maximum absolute atomic E-state index is 12.3. The Morgan fingerprint density at radius 1 is 1.29 bits per heavy atom. The number of carboxylic acid groups (broad SMARTS) is 1. The van der Waals surface area contributed by atoms with Gasteiger partial charge in [0.1, 0.15) is 6.04 Å². The molecule has 0 bridgehead atoms. The van der Waals surface area contributed by atoms with Gasteiger partial charge in [0.25, 0.3) is 0 Å². The molecule has 1 amide bonds. The number of benzene rings is 1. The van der Waals surface area contributed by atoms with Crippen LogP contribution in [0.2, 0.25) is 0 Å². The molecule has 0 saturated carbocycles. The molecule has 1 aliphatic heterocycles. The minimum atomic E-state index is -3.66. The number of piperidine rings is 1. The van der Waals surface area contributed by atoms with Gasteiger partial charge in [0.05, 0.1) is 4.90 Å². The molecule has 1 aliphatic rings. The molecular weight excluding hydrogens is 332 g/mol. The van der Waals surface area contributed by atoms with Gasteiger partial charge in [-0.25, -0.2) is 17.9 Å². The third-order valence-corrected chi connectivity index (χ3v) is 5.63. The average molecular weight is 354 g/mol. The lowest BCUT2D eigenvalue weighted by atomic mass is 9.92. The molecule has 0 aliphatic carbocycles. The number of amides is 1. The van der Waals surface area contributed by atoms with E-state index in [-0.39, 0.29) is 29.7 Å². The van der Waals surface area contributed by atoms with E-state index in [1.165, 1.54) is 17.0 Å². The molecule has 2 rings (SSSR count). The summed E-state index contributed by atoms with van der Waals surface area (Å²) in [4.78, 5) is 25.1. The van der Waals surface area contributed by atoms with Gasteiger partial charge in [-0.2, -0.15) is 0 Å². The first kappa shape index (κ1) is 18.4. The number of aliphatic carboxylic acids is 1. The van der Waals surface area contributed by atoms with Crippen LogP contribution >= 0.6 is 0 Å². The topological polar surface area (TPSA) is 104 Å². The molecule has 0 radical (unpaired) electrons. The predicted molar refractivity (Wildman–Crippen MR) is 87.8 cm³/mol. The highest BCUT2D eigenvalue weighted by Gasteiger charge is 2.34. The molecule has 2 atom stereocenters. The molecule has 132 valence electrons. The Morgan fingerprint density at radius 3 is 2.58 bits per heavy atom. The highest BCUT2D eigenvalue weighted by molar-refractivity contribution is 7.89. The first-order chi connectivity index (χ1) is 11.3. The van der Waals surface area contributed by atoms with Crippen molar-refractivity contribution in [2.45, 2.75) is 37.1 Å². The van der Waals surface area contributed by atoms with Crippen LogP contribution in [0.5, 0.6) is 0 Å². The molecule has 2 N–H and O–H groups in total. The van der Waals surface area contributed by atoms with E-state index in [1.54, 1.807) is 18.2 Å². The lowest BCUT2D eigenvalue weighted by Gasteiger charge is -2.36. The summed E-state index contributed by atoms with van der Waals surface area (Å²) in [5.41, 5.74) is 0. The van der Waals surface area contributed by atoms with Crippen LogP contribution in [-0.4, -0.2) is 49.4 Å². The van der Waals surface area contributed by atoms with E-state index < -0.39 is 22.0 Å². The Balaban J connectivity index is 1.92.